The van der Waals surface area contributed by atoms with E-state index in [1.807, 2.05) is 0 Å². The van der Waals surface area contributed by atoms with E-state index < -0.39 is 23.2 Å². The number of nitrogens with one attached hydrogen (secondary N) is 1. The first kappa shape index (κ1) is 19.5. The summed E-state index contributed by atoms with van der Waals surface area (Å²) in [7, 11) is 1.75. The third kappa shape index (κ3) is 2.80. The summed E-state index contributed by atoms with van der Waals surface area (Å²) < 4.78 is 27.8. The Morgan fingerprint density at radius 3 is 2.55 bits per heavy atom. The molecule has 7 heteroatoms. The summed E-state index contributed by atoms with van der Waals surface area (Å²) in [6, 6.07) is 15.1. The number of ketones is 1. The molecule has 2 aliphatic rings. The SMILES string of the molecule is CN1C[C@H](c2ccc(F)cc2)C(C(=O)c2ccccn2)[C@]12C(=O)Nc1ccc(F)cc12. The molecule has 31 heavy (non-hydrogen) atoms. The van der Waals surface area contributed by atoms with Crippen LogP contribution in [-0.2, 0) is 10.3 Å². The van der Waals surface area contributed by atoms with Crippen LogP contribution in [-0.4, -0.2) is 35.2 Å². The van der Waals surface area contributed by atoms with Crippen molar-refractivity contribution in [3.63, 3.8) is 0 Å². The fourth-order valence-corrected chi connectivity index (χ4v) is 5.09. The van der Waals surface area contributed by atoms with Crippen LogP contribution in [0.2, 0.25) is 0 Å². The van der Waals surface area contributed by atoms with Gasteiger partial charge in [-0.15, -0.1) is 0 Å². The van der Waals surface area contributed by atoms with Gasteiger partial charge in [0.1, 0.15) is 22.9 Å². The van der Waals surface area contributed by atoms with Crippen LogP contribution < -0.4 is 5.32 Å². The van der Waals surface area contributed by atoms with Crippen molar-refractivity contribution in [2.24, 2.45) is 5.92 Å². The topological polar surface area (TPSA) is 62.3 Å². The van der Waals surface area contributed by atoms with Gasteiger partial charge in [-0.2, -0.15) is 0 Å². The van der Waals surface area contributed by atoms with E-state index in [1.165, 1.54) is 36.5 Å². The van der Waals surface area contributed by atoms with Gasteiger partial charge in [-0.05, 0) is 55.1 Å². The van der Waals surface area contributed by atoms with E-state index in [0.717, 1.165) is 5.56 Å². The number of fused-ring (bicyclic) bond motifs is 2. The number of hydrogen-bond acceptors (Lipinski definition) is 4. The Morgan fingerprint density at radius 2 is 1.84 bits per heavy atom. The second-order valence-electron chi connectivity index (χ2n) is 8.01. The van der Waals surface area contributed by atoms with Crippen LogP contribution in [0, 0.1) is 17.6 Å². The normalized spacial score (nSPS) is 24.9. The molecule has 2 aliphatic heterocycles. The highest BCUT2D eigenvalue weighted by atomic mass is 19.1. The highest BCUT2D eigenvalue weighted by molar-refractivity contribution is 6.11. The molecule has 1 aromatic heterocycles. The third-order valence-corrected chi connectivity index (χ3v) is 6.41. The summed E-state index contributed by atoms with van der Waals surface area (Å²) in [5, 5.41) is 2.83. The zero-order valence-electron chi connectivity index (χ0n) is 16.7. The number of carbonyl (C=O) groups excluding carboxylic acids is 2. The van der Waals surface area contributed by atoms with Crippen LogP contribution in [0.25, 0.3) is 0 Å². The molecule has 0 bridgehead atoms. The zero-order valence-corrected chi connectivity index (χ0v) is 16.7. The Morgan fingerprint density at radius 1 is 1.10 bits per heavy atom. The van der Waals surface area contributed by atoms with Crippen LogP contribution >= 0.6 is 0 Å². The standard InChI is InChI=1S/C24H19F2N3O2/c1-29-13-17(14-5-7-15(25)8-6-14)21(22(30)20-4-2-3-11-27-20)24(29)18-12-16(26)9-10-19(18)28-23(24)31/h2-12,17,21H,13H2,1H3,(H,28,31)/t17-,21?,24-/m1/s1. The minimum atomic E-state index is -1.40. The number of likely N-dealkylation sites (tertiary alicyclic amines) is 1. The number of halogens is 2. The third-order valence-electron chi connectivity index (χ3n) is 6.41. The summed E-state index contributed by atoms with van der Waals surface area (Å²) in [6.45, 7) is 0.359. The van der Waals surface area contributed by atoms with Crippen molar-refractivity contribution in [3.8, 4) is 0 Å². The molecule has 1 fully saturated rings. The molecule has 3 heterocycles. The molecule has 5 rings (SSSR count). The number of carbonyl (C=O) groups is 2. The van der Waals surface area contributed by atoms with Gasteiger partial charge in [0, 0.05) is 29.9 Å². The van der Waals surface area contributed by atoms with E-state index in [0.29, 0.717) is 17.8 Å². The number of nitrogens with zero attached hydrogens (tertiary/aromatic N) is 2. The summed E-state index contributed by atoms with van der Waals surface area (Å²) in [5.41, 5.74) is 0.477. The minimum Gasteiger partial charge on any atom is -0.324 e. The van der Waals surface area contributed by atoms with Crippen LogP contribution in [0.15, 0.2) is 66.9 Å². The van der Waals surface area contributed by atoms with Gasteiger partial charge in [0.2, 0.25) is 5.91 Å². The maximum absolute atomic E-state index is 14.3. The molecule has 1 N–H and O–H groups in total. The summed E-state index contributed by atoms with van der Waals surface area (Å²) >= 11 is 0. The Hall–Kier alpha value is -3.45. The van der Waals surface area contributed by atoms with Gasteiger partial charge in [-0.25, -0.2) is 8.78 Å². The number of amides is 1. The monoisotopic (exact) mass is 419 g/mol. The van der Waals surface area contributed by atoms with Crippen LogP contribution in [0.4, 0.5) is 14.5 Å². The number of hydrogen-bond donors (Lipinski definition) is 1. The number of Topliss-reactive ketones (excluding diaryl/α,β-unsaturated/α-hetero) is 1. The maximum atomic E-state index is 14.3. The Kier molecular flexibility index (Phi) is 4.44. The summed E-state index contributed by atoms with van der Waals surface area (Å²) in [4.78, 5) is 33.3. The predicted octanol–water partition coefficient (Wildman–Crippen LogP) is 3.74. The van der Waals surface area contributed by atoms with Gasteiger partial charge in [0.05, 0.1) is 5.92 Å². The zero-order chi connectivity index (χ0) is 21.8. The van der Waals surface area contributed by atoms with Crippen molar-refractivity contribution in [1.29, 1.82) is 0 Å². The van der Waals surface area contributed by atoms with Crippen molar-refractivity contribution in [2.75, 3.05) is 18.9 Å². The lowest BCUT2D eigenvalue weighted by Gasteiger charge is -2.35. The molecular formula is C24H19F2N3O2. The molecule has 3 aromatic rings. The van der Waals surface area contributed by atoms with Crippen molar-refractivity contribution in [1.82, 2.24) is 9.88 Å². The number of pyridine rings is 1. The summed E-state index contributed by atoms with van der Waals surface area (Å²) in [5.74, 6) is -2.86. The minimum absolute atomic E-state index is 0.229. The quantitative estimate of drug-likeness (QED) is 0.657. The molecule has 1 unspecified atom stereocenters. The van der Waals surface area contributed by atoms with Gasteiger partial charge < -0.3 is 5.32 Å². The van der Waals surface area contributed by atoms with Gasteiger partial charge in [-0.1, -0.05) is 18.2 Å². The lowest BCUT2D eigenvalue weighted by molar-refractivity contribution is -0.126. The number of aromatic nitrogens is 1. The molecule has 5 nitrogen and oxygen atoms in total. The van der Waals surface area contributed by atoms with Crippen LogP contribution in [0.3, 0.4) is 0 Å². The number of anilines is 1. The van der Waals surface area contributed by atoms with E-state index >= 15 is 0 Å². The van der Waals surface area contributed by atoms with Crippen LogP contribution in [0.5, 0.6) is 0 Å². The number of likely N-dealkylation sites (N-methyl/N-ethyl adjacent to an activating group) is 1. The summed E-state index contributed by atoms with van der Waals surface area (Å²) in [6.07, 6.45) is 1.52. The van der Waals surface area contributed by atoms with Gasteiger partial charge in [0.25, 0.3) is 0 Å². The van der Waals surface area contributed by atoms with E-state index in [4.69, 9.17) is 0 Å². The van der Waals surface area contributed by atoms with E-state index in [1.54, 1.807) is 42.3 Å². The first-order valence-electron chi connectivity index (χ1n) is 9.96. The molecule has 1 saturated heterocycles. The van der Waals surface area contributed by atoms with Crippen LogP contribution in [0.1, 0.15) is 27.5 Å². The molecule has 2 aromatic carbocycles. The molecule has 156 valence electrons. The van der Waals surface area contributed by atoms with Gasteiger partial charge in [-0.3, -0.25) is 19.5 Å². The second kappa shape index (κ2) is 7.06. The number of benzene rings is 2. The molecule has 0 aliphatic carbocycles. The molecular weight excluding hydrogens is 400 g/mol. The molecule has 1 amide bonds. The molecule has 0 radical (unpaired) electrons. The Balaban J connectivity index is 1.74. The van der Waals surface area contributed by atoms with Crippen molar-refractivity contribution in [3.05, 3.63) is 95.3 Å². The van der Waals surface area contributed by atoms with Crippen molar-refractivity contribution in [2.45, 2.75) is 11.5 Å². The van der Waals surface area contributed by atoms with Gasteiger partial charge >= 0.3 is 0 Å². The fraction of sp³-hybridized carbons (Fsp3) is 0.208. The van der Waals surface area contributed by atoms with E-state index in [2.05, 4.69) is 10.3 Å². The highest BCUT2D eigenvalue weighted by Gasteiger charge is 2.64. The number of rotatable bonds is 3. The first-order chi connectivity index (χ1) is 14.9. The van der Waals surface area contributed by atoms with Gasteiger partial charge in [0.15, 0.2) is 5.78 Å². The molecule has 1 spiro atoms. The first-order valence-corrected chi connectivity index (χ1v) is 9.96. The Labute approximate surface area is 177 Å². The molecule has 0 saturated carbocycles. The van der Waals surface area contributed by atoms with Crippen molar-refractivity contribution < 1.29 is 18.4 Å². The lowest BCUT2D eigenvalue weighted by Crippen LogP contribution is -2.51. The predicted molar refractivity (Wildman–Crippen MR) is 111 cm³/mol. The average molecular weight is 419 g/mol. The lowest BCUT2D eigenvalue weighted by atomic mass is 9.71. The van der Waals surface area contributed by atoms with E-state index in [9.17, 15) is 18.4 Å². The molecule has 3 atom stereocenters. The highest BCUT2D eigenvalue weighted by Crippen LogP contribution is 2.55. The smallest absolute Gasteiger partial charge is 0.250 e. The fourth-order valence-electron chi connectivity index (χ4n) is 5.09. The van der Waals surface area contributed by atoms with E-state index in [-0.39, 0.29) is 23.2 Å². The second-order valence-corrected chi connectivity index (χ2v) is 8.01. The maximum Gasteiger partial charge on any atom is 0.250 e. The largest absolute Gasteiger partial charge is 0.324 e. The average Bonchev–Trinajstić information content (AvgIpc) is 3.24. The van der Waals surface area contributed by atoms with Crippen molar-refractivity contribution >= 4 is 17.4 Å². The Bertz CT molecular complexity index is 1180.